The summed E-state index contributed by atoms with van der Waals surface area (Å²) in [5, 5.41) is 7.19. The molecule has 0 saturated heterocycles. The molecule has 0 bridgehead atoms. The van der Waals surface area contributed by atoms with Crippen molar-refractivity contribution in [3.8, 4) is 17.4 Å². The molecule has 0 saturated carbocycles. The van der Waals surface area contributed by atoms with E-state index >= 15 is 0 Å². The van der Waals surface area contributed by atoms with Crippen molar-refractivity contribution in [2.45, 2.75) is 13.2 Å². The Kier molecular flexibility index (Phi) is 5.16. The summed E-state index contributed by atoms with van der Waals surface area (Å²) in [6.07, 6.45) is 2.26. The zero-order chi connectivity index (χ0) is 18.7. The first kappa shape index (κ1) is 17.9. The number of hydrogen-bond acceptors (Lipinski definition) is 6. The summed E-state index contributed by atoms with van der Waals surface area (Å²) >= 11 is 5.51. The van der Waals surface area contributed by atoms with E-state index in [1.807, 2.05) is 0 Å². The predicted molar refractivity (Wildman–Crippen MR) is 79.3 cm³/mol. The monoisotopic (exact) mass is 389 g/mol. The van der Waals surface area contributed by atoms with E-state index in [1.165, 1.54) is 16.9 Å². The average Bonchev–Trinajstić information content (AvgIpc) is 3.06. The molecule has 2 aromatic heterocycles. The van der Waals surface area contributed by atoms with Gasteiger partial charge in [0.05, 0.1) is 18.1 Å². The highest BCUT2D eigenvalue weighted by Gasteiger charge is 2.13. The van der Waals surface area contributed by atoms with Crippen molar-refractivity contribution >= 4 is 11.6 Å². The first-order valence-corrected chi connectivity index (χ1v) is 7.27. The van der Waals surface area contributed by atoms with Gasteiger partial charge in [0.15, 0.2) is 22.5 Å². The van der Waals surface area contributed by atoms with Gasteiger partial charge in [-0.3, -0.25) is 0 Å². The Balaban J connectivity index is 1.72. The maximum Gasteiger partial charge on any atom is 0.387 e. The molecule has 0 aliphatic heterocycles. The van der Waals surface area contributed by atoms with E-state index in [1.54, 1.807) is 0 Å². The summed E-state index contributed by atoms with van der Waals surface area (Å²) < 4.78 is 61.4. The molecule has 3 rings (SSSR count). The van der Waals surface area contributed by atoms with E-state index in [4.69, 9.17) is 16.3 Å². The number of benzene rings is 1. The van der Waals surface area contributed by atoms with Gasteiger partial charge in [-0.2, -0.15) is 13.8 Å². The minimum absolute atomic E-state index is 0.121. The van der Waals surface area contributed by atoms with Crippen LogP contribution in [0.4, 0.5) is 17.6 Å². The van der Waals surface area contributed by atoms with Gasteiger partial charge in [-0.1, -0.05) is 16.8 Å². The van der Waals surface area contributed by atoms with Gasteiger partial charge in [-0.25, -0.2) is 18.4 Å². The Hall–Kier alpha value is -2.95. The average molecular weight is 390 g/mol. The molecule has 0 amide bonds. The molecule has 3 aromatic rings. The summed E-state index contributed by atoms with van der Waals surface area (Å²) in [5.74, 6) is -2.36. The Bertz CT molecular complexity index is 924. The fourth-order valence-corrected chi connectivity index (χ4v) is 1.97. The summed E-state index contributed by atoms with van der Waals surface area (Å²) in [7, 11) is 0. The quantitative estimate of drug-likeness (QED) is 0.476. The van der Waals surface area contributed by atoms with Crippen LogP contribution in [-0.2, 0) is 6.61 Å². The number of aromatic nitrogens is 5. The number of nitrogens with zero attached hydrogens (tertiary/aromatic N) is 5. The first-order chi connectivity index (χ1) is 12.4. The Morgan fingerprint density at radius 1 is 1.19 bits per heavy atom. The standard InChI is InChI=1S/C14H8ClF4N5O2/c15-12-10(17)4-20-14(21-12)25-6-7-5-24(23-22-7)8-1-2-9(16)11(3-8)26-13(18)19/h1-5,13H,6H2. The number of rotatable bonds is 6. The normalized spacial score (nSPS) is 11.0. The van der Waals surface area contributed by atoms with Crippen LogP contribution in [-0.4, -0.2) is 31.6 Å². The summed E-state index contributed by atoms with van der Waals surface area (Å²) in [5.41, 5.74) is 0.552. The summed E-state index contributed by atoms with van der Waals surface area (Å²) in [6.45, 7) is -3.29. The highest BCUT2D eigenvalue weighted by Crippen LogP contribution is 2.23. The van der Waals surface area contributed by atoms with Crippen LogP contribution in [0.3, 0.4) is 0 Å². The van der Waals surface area contributed by atoms with Crippen LogP contribution in [0.1, 0.15) is 5.69 Å². The minimum atomic E-state index is -3.16. The second-order valence-electron chi connectivity index (χ2n) is 4.73. The van der Waals surface area contributed by atoms with E-state index in [0.29, 0.717) is 5.69 Å². The van der Waals surface area contributed by atoms with Crippen molar-refractivity contribution < 1.29 is 27.0 Å². The third kappa shape index (κ3) is 4.17. The molecule has 26 heavy (non-hydrogen) atoms. The van der Waals surface area contributed by atoms with Crippen LogP contribution in [0, 0.1) is 11.6 Å². The molecule has 0 fully saturated rings. The molecule has 0 radical (unpaired) electrons. The highest BCUT2D eigenvalue weighted by molar-refractivity contribution is 6.29. The van der Waals surface area contributed by atoms with Crippen molar-refractivity contribution in [1.82, 2.24) is 25.0 Å². The highest BCUT2D eigenvalue weighted by atomic mass is 35.5. The molecule has 0 aliphatic rings. The number of ether oxygens (including phenoxy) is 2. The van der Waals surface area contributed by atoms with Gasteiger partial charge < -0.3 is 9.47 Å². The number of hydrogen-bond donors (Lipinski definition) is 0. The van der Waals surface area contributed by atoms with Gasteiger partial charge in [0.1, 0.15) is 12.3 Å². The van der Waals surface area contributed by atoms with Gasteiger partial charge in [0.25, 0.3) is 0 Å². The van der Waals surface area contributed by atoms with Crippen molar-refractivity contribution in [3.05, 3.63) is 53.1 Å². The Morgan fingerprint density at radius 2 is 2.00 bits per heavy atom. The van der Waals surface area contributed by atoms with Crippen LogP contribution in [0.5, 0.6) is 11.8 Å². The molecular weight excluding hydrogens is 382 g/mol. The van der Waals surface area contributed by atoms with Gasteiger partial charge in [-0.15, -0.1) is 5.10 Å². The Morgan fingerprint density at radius 3 is 2.73 bits per heavy atom. The van der Waals surface area contributed by atoms with E-state index in [9.17, 15) is 17.6 Å². The zero-order valence-electron chi connectivity index (χ0n) is 12.6. The molecule has 0 N–H and O–H groups in total. The number of alkyl halides is 2. The van der Waals surface area contributed by atoms with Crippen molar-refractivity contribution in [2.24, 2.45) is 0 Å². The molecule has 12 heteroatoms. The lowest BCUT2D eigenvalue weighted by molar-refractivity contribution is -0.0521. The lowest BCUT2D eigenvalue weighted by Crippen LogP contribution is -2.05. The second-order valence-corrected chi connectivity index (χ2v) is 5.09. The molecular formula is C14H8ClF4N5O2. The van der Waals surface area contributed by atoms with E-state index in [2.05, 4.69) is 25.0 Å². The van der Waals surface area contributed by atoms with Crippen LogP contribution in [0.2, 0.25) is 5.15 Å². The summed E-state index contributed by atoms with van der Waals surface area (Å²) in [4.78, 5) is 7.17. The first-order valence-electron chi connectivity index (χ1n) is 6.89. The SMILES string of the molecule is Fc1ccc(-n2cc(COc3ncc(F)c(Cl)n3)nn2)cc1OC(F)F. The van der Waals surface area contributed by atoms with Crippen LogP contribution in [0.25, 0.3) is 5.69 Å². The molecule has 0 spiro atoms. The predicted octanol–water partition coefficient (Wildman–Crippen LogP) is 3.17. The van der Waals surface area contributed by atoms with Gasteiger partial charge in [-0.05, 0) is 12.1 Å². The van der Waals surface area contributed by atoms with Crippen LogP contribution in [0.15, 0.2) is 30.6 Å². The lowest BCUT2D eigenvalue weighted by Gasteiger charge is -2.07. The molecule has 0 unspecified atom stereocenters. The van der Waals surface area contributed by atoms with Crippen LogP contribution < -0.4 is 9.47 Å². The van der Waals surface area contributed by atoms with Crippen molar-refractivity contribution in [2.75, 3.05) is 0 Å². The fraction of sp³-hybridized carbons (Fsp3) is 0.143. The number of halogens is 5. The van der Waals surface area contributed by atoms with Gasteiger partial charge in [0.2, 0.25) is 0 Å². The Labute approximate surface area is 148 Å². The minimum Gasteiger partial charge on any atom is -0.457 e. The smallest absolute Gasteiger partial charge is 0.387 e. The van der Waals surface area contributed by atoms with Crippen molar-refractivity contribution in [3.63, 3.8) is 0 Å². The van der Waals surface area contributed by atoms with E-state index < -0.39 is 29.1 Å². The second kappa shape index (κ2) is 7.52. The van der Waals surface area contributed by atoms with Gasteiger partial charge in [0, 0.05) is 6.07 Å². The lowest BCUT2D eigenvalue weighted by atomic mass is 10.3. The molecule has 2 heterocycles. The molecule has 7 nitrogen and oxygen atoms in total. The van der Waals surface area contributed by atoms with E-state index in [0.717, 1.165) is 18.3 Å². The topological polar surface area (TPSA) is 75.0 Å². The third-order valence-electron chi connectivity index (χ3n) is 2.96. The van der Waals surface area contributed by atoms with Crippen molar-refractivity contribution in [1.29, 1.82) is 0 Å². The zero-order valence-corrected chi connectivity index (χ0v) is 13.4. The molecule has 0 atom stereocenters. The maximum atomic E-state index is 13.4. The molecule has 1 aromatic carbocycles. The van der Waals surface area contributed by atoms with Crippen LogP contribution >= 0.6 is 11.6 Å². The van der Waals surface area contributed by atoms with Gasteiger partial charge >= 0.3 is 12.6 Å². The molecule has 0 aliphatic carbocycles. The van der Waals surface area contributed by atoms with E-state index in [-0.39, 0.29) is 18.3 Å². The largest absolute Gasteiger partial charge is 0.457 e. The fourth-order valence-electron chi connectivity index (χ4n) is 1.85. The third-order valence-corrected chi connectivity index (χ3v) is 3.23. The molecule has 136 valence electrons. The summed E-state index contributed by atoms with van der Waals surface area (Å²) in [6, 6.07) is 3.14. The maximum absolute atomic E-state index is 13.4.